The van der Waals surface area contributed by atoms with E-state index in [1.54, 1.807) is 0 Å². The molecular weight excluding hydrogens is 146 g/mol. The SMILES string of the molecule is C=CCCOP(=O)(O)F. The summed E-state index contributed by atoms with van der Waals surface area (Å²) in [5, 5.41) is 0. The van der Waals surface area contributed by atoms with E-state index in [9.17, 15) is 8.76 Å². The first-order valence-electron chi connectivity index (χ1n) is 2.34. The Balaban J connectivity index is 3.28. The van der Waals surface area contributed by atoms with Gasteiger partial charge in [0.15, 0.2) is 0 Å². The van der Waals surface area contributed by atoms with E-state index >= 15 is 0 Å². The average molecular weight is 154 g/mol. The molecule has 0 rings (SSSR count). The molecule has 1 unspecified atom stereocenters. The van der Waals surface area contributed by atoms with Gasteiger partial charge in [0.1, 0.15) is 0 Å². The molecule has 0 heterocycles. The molecule has 1 N–H and O–H groups in total. The first-order valence-corrected chi connectivity index (χ1v) is 3.81. The number of halogens is 1. The van der Waals surface area contributed by atoms with Crippen LogP contribution in [0.2, 0.25) is 0 Å². The number of rotatable bonds is 4. The summed E-state index contributed by atoms with van der Waals surface area (Å²) in [6.07, 6.45) is 1.84. The van der Waals surface area contributed by atoms with Gasteiger partial charge < -0.3 is 0 Å². The summed E-state index contributed by atoms with van der Waals surface area (Å²) in [5.74, 6) is 0. The lowest BCUT2D eigenvalue weighted by molar-refractivity contribution is 0.231. The summed E-state index contributed by atoms with van der Waals surface area (Å²) >= 11 is 0. The minimum Gasteiger partial charge on any atom is -0.299 e. The van der Waals surface area contributed by atoms with E-state index in [1.165, 1.54) is 6.08 Å². The van der Waals surface area contributed by atoms with Crippen molar-refractivity contribution < 1.29 is 18.2 Å². The molecule has 0 bridgehead atoms. The van der Waals surface area contributed by atoms with Crippen LogP contribution in [-0.4, -0.2) is 11.5 Å². The highest BCUT2D eigenvalue weighted by Gasteiger charge is 2.15. The van der Waals surface area contributed by atoms with E-state index in [0.717, 1.165) is 0 Å². The molecule has 0 aromatic rings. The maximum atomic E-state index is 11.6. The Bertz CT molecular complexity index is 130. The zero-order valence-corrected chi connectivity index (χ0v) is 5.68. The van der Waals surface area contributed by atoms with Crippen molar-refractivity contribution in [2.24, 2.45) is 0 Å². The lowest BCUT2D eigenvalue weighted by atomic mass is 10.5. The zero-order valence-electron chi connectivity index (χ0n) is 4.79. The van der Waals surface area contributed by atoms with Crippen molar-refractivity contribution in [1.82, 2.24) is 0 Å². The summed E-state index contributed by atoms with van der Waals surface area (Å²) in [4.78, 5) is 7.88. The Labute approximate surface area is 52.8 Å². The molecule has 0 saturated heterocycles. The average Bonchev–Trinajstić information content (AvgIpc) is 1.63. The van der Waals surface area contributed by atoms with Crippen LogP contribution in [-0.2, 0) is 9.09 Å². The van der Waals surface area contributed by atoms with Crippen LogP contribution < -0.4 is 0 Å². The van der Waals surface area contributed by atoms with Crippen LogP contribution in [0.5, 0.6) is 0 Å². The number of hydrogen-bond donors (Lipinski definition) is 1. The van der Waals surface area contributed by atoms with Gasteiger partial charge in [-0.2, -0.15) is 0 Å². The van der Waals surface area contributed by atoms with Crippen LogP contribution >= 0.6 is 7.91 Å². The Morgan fingerprint density at radius 3 is 2.78 bits per heavy atom. The van der Waals surface area contributed by atoms with E-state index in [0.29, 0.717) is 6.42 Å². The molecule has 0 aromatic carbocycles. The fraction of sp³-hybridized carbons (Fsp3) is 0.500. The van der Waals surface area contributed by atoms with Gasteiger partial charge in [-0.3, -0.25) is 9.42 Å². The smallest absolute Gasteiger partial charge is 0.299 e. The highest BCUT2D eigenvalue weighted by Crippen LogP contribution is 2.43. The van der Waals surface area contributed by atoms with E-state index in [1.807, 2.05) is 0 Å². The molecule has 0 aliphatic rings. The van der Waals surface area contributed by atoms with Crippen LogP contribution in [0, 0.1) is 0 Å². The minimum absolute atomic E-state index is 0.103. The molecule has 9 heavy (non-hydrogen) atoms. The molecule has 0 aliphatic heterocycles. The highest BCUT2D eigenvalue weighted by atomic mass is 31.2. The first-order chi connectivity index (χ1) is 4.06. The second-order valence-corrected chi connectivity index (χ2v) is 2.52. The van der Waals surface area contributed by atoms with Crippen molar-refractivity contribution in [2.45, 2.75) is 6.42 Å². The van der Waals surface area contributed by atoms with Gasteiger partial charge in [0, 0.05) is 0 Å². The van der Waals surface area contributed by atoms with Crippen LogP contribution in [0.15, 0.2) is 12.7 Å². The third kappa shape index (κ3) is 7.82. The Kier molecular flexibility index (Phi) is 3.70. The molecule has 54 valence electrons. The van der Waals surface area contributed by atoms with E-state index in [4.69, 9.17) is 4.89 Å². The maximum Gasteiger partial charge on any atom is 0.510 e. The predicted octanol–water partition coefficient (Wildman–Crippen LogP) is 1.65. The van der Waals surface area contributed by atoms with Crippen molar-refractivity contribution in [3.63, 3.8) is 0 Å². The fourth-order valence-corrected chi connectivity index (χ4v) is 0.579. The van der Waals surface area contributed by atoms with Crippen LogP contribution in [0.1, 0.15) is 6.42 Å². The van der Waals surface area contributed by atoms with Gasteiger partial charge in [-0.05, 0) is 6.42 Å². The molecule has 0 fully saturated rings. The molecule has 0 radical (unpaired) electrons. The molecule has 0 aromatic heterocycles. The minimum atomic E-state index is -4.74. The molecular formula is C4H8FO3P. The molecule has 1 atom stereocenters. The predicted molar refractivity (Wildman–Crippen MR) is 31.7 cm³/mol. The summed E-state index contributed by atoms with van der Waals surface area (Å²) in [5.41, 5.74) is 0. The van der Waals surface area contributed by atoms with Gasteiger partial charge in [0.25, 0.3) is 0 Å². The fourth-order valence-electron chi connectivity index (χ4n) is 0.249. The Hall–Kier alpha value is -0.180. The number of hydrogen-bond acceptors (Lipinski definition) is 2. The lowest BCUT2D eigenvalue weighted by Gasteiger charge is -1.98. The van der Waals surface area contributed by atoms with Gasteiger partial charge in [0.2, 0.25) is 0 Å². The second-order valence-electron chi connectivity index (χ2n) is 1.36. The molecule has 0 amide bonds. The van der Waals surface area contributed by atoms with Gasteiger partial charge in [-0.1, -0.05) is 6.08 Å². The normalized spacial score (nSPS) is 16.7. The van der Waals surface area contributed by atoms with Crippen molar-refractivity contribution in [3.05, 3.63) is 12.7 Å². The Morgan fingerprint density at radius 2 is 2.44 bits per heavy atom. The monoisotopic (exact) mass is 154 g/mol. The highest BCUT2D eigenvalue weighted by molar-refractivity contribution is 7.46. The molecule has 0 aliphatic carbocycles. The summed E-state index contributed by atoms with van der Waals surface area (Å²) in [6.45, 7) is 3.20. The van der Waals surface area contributed by atoms with Crippen LogP contribution in [0.4, 0.5) is 4.20 Å². The molecule has 3 nitrogen and oxygen atoms in total. The second kappa shape index (κ2) is 3.77. The van der Waals surface area contributed by atoms with Crippen LogP contribution in [0.3, 0.4) is 0 Å². The standard InChI is InChI=1S/C4H8FO3P/c1-2-3-4-8-9(5,6)7/h2H,1,3-4H2,(H,6,7). The Morgan fingerprint density at radius 1 is 1.89 bits per heavy atom. The summed E-state index contributed by atoms with van der Waals surface area (Å²) in [6, 6.07) is 0. The first kappa shape index (κ1) is 8.82. The molecule has 0 saturated carbocycles. The zero-order chi connectivity index (χ0) is 7.33. The van der Waals surface area contributed by atoms with Gasteiger partial charge in [-0.15, -0.1) is 10.8 Å². The van der Waals surface area contributed by atoms with Gasteiger partial charge in [0.05, 0.1) is 6.61 Å². The summed E-state index contributed by atoms with van der Waals surface area (Å²) in [7, 11) is -4.74. The van der Waals surface area contributed by atoms with Gasteiger partial charge >= 0.3 is 7.91 Å². The van der Waals surface area contributed by atoms with E-state index in [-0.39, 0.29) is 6.61 Å². The van der Waals surface area contributed by atoms with Gasteiger partial charge in [-0.25, -0.2) is 4.57 Å². The molecule has 0 spiro atoms. The third-order valence-corrected chi connectivity index (χ3v) is 1.07. The van der Waals surface area contributed by atoms with Crippen LogP contribution in [0.25, 0.3) is 0 Å². The quantitative estimate of drug-likeness (QED) is 0.380. The maximum absolute atomic E-state index is 11.6. The third-order valence-electron chi connectivity index (χ3n) is 0.572. The van der Waals surface area contributed by atoms with Crippen molar-refractivity contribution in [1.29, 1.82) is 0 Å². The largest absolute Gasteiger partial charge is 0.510 e. The molecule has 5 heteroatoms. The topological polar surface area (TPSA) is 46.5 Å². The van der Waals surface area contributed by atoms with E-state index in [2.05, 4.69) is 11.1 Å². The van der Waals surface area contributed by atoms with Crippen molar-refractivity contribution in [3.8, 4) is 0 Å². The lowest BCUT2D eigenvalue weighted by Crippen LogP contribution is -1.85. The summed E-state index contributed by atoms with van der Waals surface area (Å²) < 4.78 is 25.1. The van der Waals surface area contributed by atoms with Crippen molar-refractivity contribution in [2.75, 3.05) is 6.61 Å². The van der Waals surface area contributed by atoms with E-state index < -0.39 is 7.91 Å². The van der Waals surface area contributed by atoms with Crippen molar-refractivity contribution >= 4 is 7.91 Å².